The van der Waals surface area contributed by atoms with E-state index in [4.69, 9.17) is 33.7 Å². The van der Waals surface area contributed by atoms with Crippen LogP contribution in [-0.4, -0.2) is 52.8 Å². The van der Waals surface area contributed by atoms with Gasteiger partial charge in [0.15, 0.2) is 11.6 Å². The molecule has 0 fully saturated rings. The first-order valence-electron chi connectivity index (χ1n) is 11.5. The largest absolute Gasteiger partial charge is 0.482 e. The van der Waals surface area contributed by atoms with Crippen LogP contribution < -0.4 is 15.8 Å². The molecule has 0 radical (unpaired) electrons. The summed E-state index contributed by atoms with van der Waals surface area (Å²) < 4.78 is 21.6. The van der Waals surface area contributed by atoms with Crippen molar-refractivity contribution in [2.75, 3.05) is 32.9 Å². The predicted molar refractivity (Wildman–Crippen MR) is 141 cm³/mol. The summed E-state index contributed by atoms with van der Waals surface area (Å²) in [6.07, 6.45) is 5.15. The Bertz CT molecular complexity index is 1230. The predicted octanol–water partition coefficient (Wildman–Crippen LogP) is 4.92. The van der Waals surface area contributed by atoms with Gasteiger partial charge in [-0.3, -0.25) is 9.48 Å². The molecular formula is C25H31Cl2FN6O2. The number of aromatic nitrogens is 3. The Kier molecular flexibility index (Phi) is 8.81. The second kappa shape index (κ2) is 11.5. The van der Waals surface area contributed by atoms with E-state index in [1.807, 2.05) is 14.1 Å². The zero-order valence-electron chi connectivity index (χ0n) is 21.0. The first-order valence-corrected chi connectivity index (χ1v) is 12.2. The maximum absolute atomic E-state index is 14.0. The topological polar surface area (TPSA) is 98.3 Å². The van der Waals surface area contributed by atoms with E-state index < -0.39 is 17.5 Å². The number of anilines is 1. The van der Waals surface area contributed by atoms with Gasteiger partial charge in [-0.2, -0.15) is 5.10 Å². The van der Waals surface area contributed by atoms with E-state index in [1.54, 1.807) is 50.1 Å². The summed E-state index contributed by atoms with van der Waals surface area (Å²) in [5.41, 5.74) is 6.84. The molecule has 1 aromatic carbocycles. The normalized spacial score (nSPS) is 12.6. The molecule has 3 rings (SSSR count). The lowest BCUT2D eigenvalue weighted by Gasteiger charge is -2.24. The molecular weight excluding hydrogens is 506 g/mol. The standard InChI is InChI=1S/C25H31Cl2FN6O2/c1-15(21-18(26)7-8-19(28)22(21)27)36-20-11-16(12-31-23(20)29)17-13-32-34(14-17)25(2,3)24(35)30-9-6-10-33(4)5/h7-8,11-15H,6,9-10H2,1-5H3,(H2,29,31)(H,30,35). The van der Waals surface area contributed by atoms with Crippen molar-refractivity contribution in [2.45, 2.75) is 38.8 Å². The summed E-state index contributed by atoms with van der Waals surface area (Å²) in [5, 5.41) is 7.54. The Labute approximate surface area is 220 Å². The maximum Gasteiger partial charge on any atom is 0.247 e. The van der Waals surface area contributed by atoms with E-state index >= 15 is 0 Å². The number of amides is 1. The van der Waals surface area contributed by atoms with Crippen molar-refractivity contribution in [3.63, 3.8) is 0 Å². The maximum atomic E-state index is 14.0. The summed E-state index contributed by atoms with van der Waals surface area (Å²) in [6, 6.07) is 4.32. The number of nitrogens with two attached hydrogens (primary N) is 1. The van der Waals surface area contributed by atoms with Gasteiger partial charge in [0.05, 0.1) is 11.2 Å². The van der Waals surface area contributed by atoms with E-state index in [9.17, 15) is 9.18 Å². The number of nitrogens with one attached hydrogen (secondary N) is 1. The minimum Gasteiger partial charge on any atom is -0.482 e. The molecule has 2 heterocycles. The minimum absolute atomic E-state index is 0.110. The monoisotopic (exact) mass is 536 g/mol. The number of hydrogen-bond donors (Lipinski definition) is 2. The molecule has 194 valence electrons. The van der Waals surface area contributed by atoms with Gasteiger partial charge in [0.2, 0.25) is 5.91 Å². The van der Waals surface area contributed by atoms with Crippen molar-refractivity contribution in [3.05, 3.63) is 58.2 Å². The van der Waals surface area contributed by atoms with Gasteiger partial charge in [-0.1, -0.05) is 23.2 Å². The lowest BCUT2D eigenvalue weighted by atomic mass is 10.0. The number of carbonyl (C=O) groups is 1. The van der Waals surface area contributed by atoms with Crippen LogP contribution >= 0.6 is 23.2 Å². The van der Waals surface area contributed by atoms with Crippen LogP contribution in [0, 0.1) is 5.82 Å². The van der Waals surface area contributed by atoms with Gasteiger partial charge in [0, 0.05) is 40.7 Å². The van der Waals surface area contributed by atoms with Crippen molar-refractivity contribution in [2.24, 2.45) is 0 Å². The highest BCUT2D eigenvalue weighted by Crippen LogP contribution is 2.37. The van der Waals surface area contributed by atoms with E-state index in [1.165, 1.54) is 12.1 Å². The quantitative estimate of drug-likeness (QED) is 0.282. The number of ether oxygens (including phenoxy) is 1. The zero-order chi connectivity index (χ0) is 26.6. The fraction of sp³-hybridized carbons (Fsp3) is 0.400. The second-order valence-electron chi connectivity index (χ2n) is 9.27. The van der Waals surface area contributed by atoms with Gasteiger partial charge in [-0.15, -0.1) is 0 Å². The highest BCUT2D eigenvalue weighted by atomic mass is 35.5. The fourth-order valence-electron chi connectivity index (χ4n) is 3.57. The second-order valence-corrected chi connectivity index (χ2v) is 10.1. The molecule has 0 spiro atoms. The van der Waals surface area contributed by atoms with Crippen LogP contribution in [-0.2, 0) is 10.3 Å². The number of carbonyl (C=O) groups excluding carboxylic acids is 1. The number of hydrogen-bond acceptors (Lipinski definition) is 6. The first kappa shape index (κ1) is 27.7. The number of pyridine rings is 1. The third-order valence-electron chi connectivity index (χ3n) is 5.78. The Hall–Kier alpha value is -2.88. The summed E-state index contributed by atoms with van der Waals surface area (Å²) >= 11 is 12.3. The van der Waals surface area contributed by atoms with E-state index in [0.717, 1.165) is 18.5 Å². The lowest BCUT2D eigenvalue weighted by molar-refractivity contribution is -0.128. The molecule has 0 aliphatic carbocycles. The Morgan fingerprint density at radius 2 is 2.00 bits per heavy atom. The highest BCUT2D eigenvalue weighted by Gasteiger charge is 2.30. The van der Waals surface area contributed by atoms with Crippen LogP contribution in [0.2, 0.25) is 10.0 Å². The van der Waals surface area contributed by atoms with Gasteiger partial charge >= 0.3 is 0 Å². The van der Waals surface area contributed by atoms with Gasteiger partial charge in [-0.05, 0) is 66.0 Å². The molecule has 11 heteroatoms. The molecule has 8 nitrogen and oxygen atoms in total. The van der Waals surface area contributed by atoms with E-state index in [0.29, 0.717) is 17.7 Å². The average molecular weight is 537 g/mol. The van der Waals surface area contributed by atoms with Crippen molar-refractivity contribution in [1.82, 2.24) is 25.0 Å². The third-order valence-corrected chi connectivity index (χ3v) is 6.50. The lowest BCUT2D eigenvalue weighted by Crippen LogP contribution is -2.45. The summed E-state index contributed by atoms with van der Waals surface area (Å²) in [7, 11) is 3.98. The molecule has 1 unspecified atom stereocenters. The number of halogens is 3. The molecule has 0 aliphatic heterocycles. The van der Waals surface area contributed by atoms with Crippen LogP contribution in [0.3, 0.4) is 0 Å². The van der Waals surface area contributed by atoms with Gasteiger partial charge in [0.1, 0.15) is 17.5 Å². The molecule has 0 saturated carbocycles. The van der Waals surface area contributed by atoms with Crippen molar-refractivity contribution < 1.29 is 13.9 Å². The SMILES string of the molecule is CC(Oc1cc(-c2cnn(C(C)(C)C(=O)NCCCN(C)C)c2)cnc1N)c1c(Cl)ccc(F)c1Cl. The van der Waals surface area contributed by atoms with E-state index in [2.05, 4.69) is 20.3 Å². The smallest absolute Gasteiger partial charge is 0.247 e. The molecule has 0 saturated heterocycles. The Morgan fingerprint density at radius 3 is 2.69 bits per heavy atom. The summed E-state index contributed by atoms with van der Waals surface area (Å²) in [5.74, 6) is -0.294. The van der Waals surface area contributed by atoms with Crippen molar-refractivity contribution >= 4 is 34.9 Å². The molecule has 0 aliphatic rings. The molecule has 2 aromatic heterocycles. The number of nitrogens with zero attached hydrogens (tertiary/aromatic N) is 4. The number of rotatable bonds is 10. The summed E-state index contributed by atoms with van der Waals surface area (Å²) in [6.45, 7) is 6.76. The molecule has 3 N–H and O–H groups in total. The van der Waals surface area contributed by atoms with Gasteiger partial charge < -0.3 is 20.7 Å². The van der Waals surface area contributed by atoms with Crippen LogP contribution in [0.4, 0.5) is 10.2 Å². The van der Waals surface area contributed by atoms with Crippen LogP contribution in [0.15, 0.2) is 36.8 Å². The third kappa shape index (κ3) is 6.27. The number of benzene rings is 1. The van der Waals surface area contributed by atoms with Crippen LogP contribution in [0.5, 0.6) is 5.75 Å². The average Bonchev–Trinajstić information content (AvgIpc) is 3.32. The first-order chi connectivity index (χ1) is 16.9. The van der Waals surface area contributed by atoms with Crippen LogP contribution in [0.25, 0.3) is 11.1 Å². The number of nitrogen functional groups attached to an aromatic ring is 1. The van der Waals surface area contributed by atoms with E-state index in [-0.39, 0.29) is 27.5 Å². The molecule has 1 amide bonds. The van der Waals surface area contributed by atoms with Gasteiger partial charge in [0.25, 0.3) is 0 Å². The minimum atomic E-state index is -0.906. The molecule has 0 bridgehead atoms. The molecule has 36 heavy (non-hydrogen) atoms. The Balaban J connectivity index is 1.78. The summed E-state index contributed by atoms with van der Waals surface area (Å²) in [4.78, 5) is 19.1. The highest BCUT2D eigenvalue weighted by molar-refractivity contribution is 6.36. The van der Waals surface area contributed by atoms with Crippen LogP contribution in [0.1, 0.15) is 38.9 Å². The zero-order valence-corrected chi connectivity index (χ0v) is 22.5. The van der Waals surface area contributed by atoms with Crippen molar-refractivity contribution in [3.8, 4) is 16.9 Å². The fourth-order valence-corrected chi connectivity index (χ4v) is 4.25. The van der Waals surface area contributed by atoms with Crippen molar-refractivity contribution in [1.29, 1.82) is 0 Å². The Morgan fingerprint density at radius 1 is 1.28 bits per heavy atom. The molecule has 3 aromatic rings. The molecule has 1 atom stereocenters. The van der Waals surface area contributed by atoms with Gasteiger partial charge in [-0.25, -0.2) is 9.37 Å².